The van der Waals surface area contributed by atoms with Gasteiger partial charge < -0.3 is 5.32 Å². The Morgan fingerprint density at radius 1 is 1.35 bits per heavy atom. The van der Waals surface area contributed by atoms with Gasteiger partial charge in [0.1, 0.15) is 17.3 Å². The quantitative estimate of drug-likeness (QED) is 0.944. The van der Waals surface area contributed by atoms with Crippen LogP contribution in [0.1, 0.15) is 5.56 Å². The summed E-state index contributed by atoms with van der Waals surface area (Å²) in [5, 5.41) is 6.68. The van der Waals surface area contributed by atoms with Gasteiger partial charge in [-0.1, -0.05) is 15.9 Å². The third-order valence-corrected chi connectivity index (χ3v) is 2.69. The Labute approximate surface area is 106 Å². The van der Waals surface area contributed by atoms with E-state index < -0.39 is 11.6 Å². The number of hydrogen-bond acceptors (Lipinski definition) is 2. The van der Waals surface area contributed by atoms with E-state index in [9.17, 15) is 8.78 Å². The summed E-state index contributed by atoms with van der Waals surface area (Å²) in [4.78, 5) is 0. The van der Waals surface area contributed by atoms with Crippen LogP contribution in [0.15, 0.2) is 29.0 Å². The molecule has 1 N–H and O–H groups in total. The molecule has 0 saturated carbocycles. The van der Waals surface area contributed by atoms with Crippen molar-refractivity contribution in [2.24, 2.45) is 7.05 Å². The van der Waals surface area contributed by atoms with Crippen molar-refractivity contribution < 1.29 is 8.78 Å². The smallest absolute Gasteiger partial charge is 0.150 e. The lowest BCUT2D eigenvalue weighted by Gasteiger charge is -2.07. The van der Waals surface area contributed by atoms with Crippen LogP contribution in [0.2, 0.25) is 0 Å². The summed E-state index contributed by atoms with van der Waals surface area (Å²) in [6, 6.07) is 2.43. The van der Waals surface area contributed by atoms with Gasteiger partial charge in [-0.25, -0.2) is 8.78 Å². The van der Waals surface area contributed by atoms with Crippen LogP contribution in [0.5, 0.6) is 0 Å². The number of anilines is 1. The highest BCUT2D eigenvalue weighted by atomic mass is 79.9. The van der Waals surface area contributed by atoms with Crippen LogP contribution in [0.4, 0.5) is 14.5 Å². The average molecular weight is 302 g/mol. The molecular weight excluding hydrogens is 292 g/mol. The van der Waals surface area contributed by atoms with Crippen LogP contribution in [0.25, 0.3) is 0 Å². The summed E-state index contributed by atoms with van der Waals surface area (Å²) in [6.07, 6.45) is 3.42. The lowest BCUT2D eigenvalue weighted by atomic mass is 10.2. The monoisotopic (exact) mass is 301 g/mol. The van der Waals surface area contributed by atoms with E-state index in [1.807, 2.05) is 0 Å². The Hall–Kier alpha value is -1.43. The molecule has 2 aromatic rings. The van der Waals surface area contributed by atoms with Crippen LogP contribution in [-0.2, 0) is 13.6 Å². The molecule has 0 radical (unpaired) electrons. The number of nitrogens with zero attached hydrogens (tertiary/aromatic N) is 2. The van der Waals surface area contributed by atoms with E-state index in [-0.39, 0.29) is 5.69 Å². The van der Waals surface area contributed by atoms with Crippen LogP contribution < -0.4 is 5.32 Å². The summed E-state index contributed by atoms with van der Waals surface area (Å²) in [6.45, 7) is 0.323. The number of aromatic nitrogens is 2. The molecule has 17 heavy (non-hydrogen) atoms. The van der Waals surface area contributed by atoms with Crippen molar-refractivity contribution >= 4 is 21.6 Å². The minimum absolute atomic E-state index is 0.128. The highest BCUT2D eigenvalue weighted by molar-refractivity contribution is 9.10. The van der Waals surface area contributed by atoms with Crippen molar-refractivity contribution in [1.82, 2.24) is 9.78 Å². The molecule has 0 amide bonds. The number of hydrogen-bond donors (Lipinski definition) is 1. The normalized spacial score (nSPS) is 10.6. The third kappa shape index (κ3) is 2.82. The highest BCUT2D eigenvalue weighted by Crippen LogP contribution is 2.24. The fraction of sp³-hybridized carbons (Fsp3) is 0.182. The molecule has 0 unspecified atom stereocenters. The van der Waals surface area contributed by atoms with Crippen LogP contribution in [0.3, 0.4) is 0 Å². The highest BCUT2D eigenvalue weighted by Gasteiger charge is 2.10. The summed E-state index contributed by atoms with van der Waals surface area (Å²) in [5.74, 6) is -1.25. The summed E-state index contributed by atoms with van der Waals surface area (Å²) in [7, 11) is 1.78. The van der Waals surface area contributed by atoms with Gasteiger partial charge in [0.25, 0.3) is 0 Å². The van der Waals surface area contributed by atoms with Gasteiger partial charge in [0, 0.05) is 29.8 Å². The maximum absolute atomic E-state index is 13.5. The summed E-state index contributed by atoms with van der Waals surface area (Å²) >= 11 is 3.03. The molecule has 0 atom stereocenters. The fourth-order valence-electron chi connectivity index (χ4n) is 1.46. The lowest BCUT2D eigenvalue weighted by molar-refractivity contribution is 0.586. The van der Waals surface area contributed by atoms with Gasteiger partial charge in [-0.2, -0.15) is 5.10 Å². The Morgan fingerprint density at radius 2 is 2.00 bits per heavy atom. The van der Waals surface area contributed by atoms with Gasteiger partial charge in [-0.3, -0.25) is 4.68 Å². The maximum atomic E-state index is 13.5. The first-order valence-electron chi connectivity index (χ1n) is 4.92. The first kappa shape index (κ1) is 12.0. The lowest BCUT2D eigenvalue weighted by Crippen LogP contribution is -2.03. The SMILES string of the molecule is Cn1cc(CNc2c(F)cc(Br)cc2F)cn1. The molecule has 3 nitrogen and oxygen atoms in total. The predicted molar refractivity (Wildman–Crippen MR) is 64.6 cm³/mol. The Bertz CT molecular complexity index is 516. The molecule has 0 spiro atoms. The molecule has 0 bridgehead atoms. The fourth-order valence-corrected chi connectivity index (χ4v) is 1.87. The Kier molecular flexibility index (Phi) is 3.42. The van der Waals surface area contributed by atoms with E-state index in [4.69, 9.17) is 0 Å². The van der Waals surface area contributed by atoms with Gasteiger partial charge in [-0.15, -0.1) is 0 Å². The predicted octanol–water partition coefficient (Wildman–Crippen LogP) is 3.07. The molecule has 0 aliphatic rings. The molecule has 90 valence electrons. The first-order chi connectivity index (χ1) is 8.06. The Balaban J connectivity index is 2.14. The second kappa shape index (κ2) is 4.83. The van der Waals surface area contributed by atoms with E-state index in [2.05, 4.69) is 26.3 Å². The second-order valence-electron chi connectivity index (χ2n) is 3.62. The molecule has 2 rings (SSSR count). The van der Waals surface area contributed by atoms with Gasteiger partial charge in [0.05, 0.1) is 6.20 Å². The maximum Gasteiger partial charge on any atom is 0.150 e. The molecular formula is C11H10BrF2N3. The van der Waals surface area contributed by atoms with E-state index in [1.54, 1.807) is 24.1 Å². The van der Waals surface area contributed by atoms with Crippen molar-refractivity contribution in [3.63, 3.8) is 0 Å². The van der Waals surface area contributed by atoms with Gasteiger partial charge in [0.2, 0.25) is 0 Å². The molecule has 1 heterocycles. The molecule has 1 aromatic carbocycles. The number of rotatable bonds is 3. The van der Waals surface area contributed by atoms with Crippen LogP contribution in [-0.4, -0.2) is 9.78 Å². The summed E-state index contributed by atoms with van der Waals surface area (Å²) < 4.78 is 28.9. The molecule has 6 heteroatoms. The van der Waals surface area contributed by atoms with Gasteiger partial charge in [-0.05, 0) is 12.1 Å². The third-order valence-electron chi connectivity index (χ3n) is 2.23. The number of halogens is 3. The number of nitrogens with one attached hydrogen (secondary N) is 1. The van der Waals surface area contributed by atoms with E-state index in [0.717, 1.165) is 5.56 Å². The van der Waals surface area contributed by atoms with Crippen molar-refractivity contribution in [2.45, 2.75) is 6.54 Å². The summed E-state index contributed by atoms with van der Waals surface area (Å²) in [5.41, 5.74) is 0.728. The van der Waals surface area contributed by atoms with Gasteiger partial charge >= 0.3 is 0 Å². The van der Waals surface area contributed by atoms with Crippen LogP contribution in [0, 0.1) is 11.6 Å². The van der Waals surface area contributed by atoms with Gasteiger partial charge in [0.15, 0.2) is 0 Å². The standard InChI is InChI=1S/C11H10BrF2N3/c1-17-6-7(5-16-17)4-15-11-9(13)2-8(12)3-10(11)14/h2-3,5-6,15H,4H2,1H3. The zero-order valence-corrected chi connectivity index (χ0v) is 10.6. The van der Waals surface area contributed by atoms with Crippen molar-refractivity contribution in [3.05, 3.63) is 46.2 Å². The minimum Gasteiger partial charge on any atom is -0.376 e. The van der Waals surface area contributed by atoms with Crippen LogP contribution >= 0.6 is 15.9 Å². The number of aryl methyl sites for hydroxylation is 1. The molecule has 0 fully saturated rings. The topological polar surface area (TPSA) is 29.9 Å². The molecule has 0 saturated heterocycles. The van der Waals surface area contributed by atoms with Crippen molar-refractivity contribution in [3.8, 4) is 0 Å². The van der Waals surface area contributed by atoms with E-state index in [1.165, 1.54) is 12.1 Å². The van der Waals surface area contributed by atoms with Crippen molar-refractivity contribution in [1.29, 1.82) is 0 Å². The second-order valence-corrected chi connectivity index (χ2v) is 4.54. The zero-order valence-electron chi connectivity index (χ0n) is 9.04. The molecule has 0 aliphatic heterocycles. The molecule has 0 aliphatic carbocycles. The Morgan fingerprint density at radius 3 is 2.53 bits per heavy atom. The van der Waals surface area contributed by atoms with E-state index in [0.29, 0.717) is 11.0 Å². The number of benzene rings is 1. The molecule has 1 aromatic heterocycles. The zero-order chi connectivity index (χ0) is 12.4. The largest absolute Gasteiger partial charge is 0.376 e. The first-order valence-corrected chi connectivity index (χ1v) is 5.71. The minimum atomic E-state index is -0.624. The van der Waals surface area contributed by atoms with Crippen molar-refractivity contribution in [2.75, 3.05) is 5.32 Å². The van der Waals surface area contributed by atoms with E-state index >= 15 is 0 Å². The average Bonchev–Trinajstić information content (AvgIpc) is 2.62.